The van der Waals surface area contributed by atoms with Crippen molar-refractivity contribution in [1.82, 2.24) is 0 Å². The third-order valence-electron chi connectivity index (χ3n) is 4.56. The molecule has 0 radical (unpaired) electrons. The highest BCUT2D eigenvalue weighted by Crippen LogP contribution is 2.30. The fourth-order valence-corrected chi connectivity index (χ4v) is 2.92. The van der Waals surface area contributed by atoms with Gasteiger partial charge in [0.25, 0.3) is 0 Å². The van der Waals surface area contributed by atoms with Crippen molar-refractivity contribution in [2.45, 2.75) is 39.2 Å². The van der Waals surface area contributed by atoms with Crippen molar-refractivity contribution in [2.24, 2.45) is 0 Å². The average molecular weight is 444 g/mol. The van der Waals surface area contributed by atoms with Gasteiger partial charge in [-0.3, -0.25) is 4.79 Å². The predicted octanol–water partition coefficient (Wildman–Crippen LogP) is 7.07. The van der Waals surface area contributed by atoms with E-state index < -0.39 is 6.36 Å². The quantitative estimate of drug-likeness (QED) is 0.366. The zero-order valence-corrected chi connectivity index (χ0v) is 17.9. The molecule has 168 valence electrons. The Kier molecular flexibility index (Phi) is 6.77. The van der Waals surface area contributed by atoms with Gasteiger partial charge in [0, 0.05) is 11.6 Å². The number of hydrogen-bond acceptors (Lipinski definition) is 4. The van der Waals surface area contributed by atoms with E-state index in [0.717, 1.165) is 17.7 Å². The van der Waals surface area contributed by atoms with E-state index in [1.165, 1.54) is 23.8 Å². The Labute approximate surface area is 184 Å². The summed E-state index contributed by atoms with van der Waals surface area (Å²) in [7, 11) is 0. The minimum absolute atomic E-state index is 0.0565. The van der Waals surface area contributed by atoms with Crippen LogP contribution in [0.4, 0.5) is 13.2 Å². The number of halogens is 3. The van der Waals surface area contributed by atoms with Crippen molar-refractivity contribution in [3.63, 3.8) is 0 Å². The summed E-state index contributed by atoms with van der Waals surface area (Å²) in [6, 6.07) is 17.8. The number of benzene rings is 3. The Morgan fingerprint density at radius 3 is 1.94 bits per heavy atom. The number of aldehydes is 1. The highest BCUT2D eigenvalue weighted by Gasteiger charge is 2.31. The van der Waals surface area contributed by atoms with E-state index in [4.69, 9.17) is 9.47 Å². The standard InChI is InChI=1S/C25H23F3O4/c1-24(2,3)19-6-4-17(5-7-19)16-30-22-12-18(15-29)13-23(14-22)31-20-8-10-21(11-9-20)32-25(26,27)28/h4-15H,16H2,1-3H3. The Morgan fingerprint density at radius 2 is 1.38 bits per heavy atom. The zero-order valence-electron chi connectivity index (χ0n) is 17.9. The first-order valence-corrected chi connectivity index (χ1v) is 9.88. The fraction of sp³-hybridized carbons (Fsp3) is 0.240. The van der Waals surface area contributed by atoms with E-state index in [1.807, 2.05) is 12.1 Å². The van der Waals surface area contributed by atoms with Gasteiger partial charge in [0.1, 0.15) is 35.9 Å². The van der Waals surface area contributed by atoms with Gasteiger partial charge >= 0.3 is 6.36 Å². The van der Waals surface area contributed by atoms with Gasteiger partial charge in [-0.1, -0.05) is 45.0 Å². The molecule has 0 aliphatic carbocycles. The van der Waals surface area contributed by atoms with Gasteiger partial charge in [-0.25, -0.2) is 0 Å². The van der Waals surface area contributed by atoms with Crippen molar-refractivity contribution in [3.8, 4) is 23.0 Å². The summed E-state index contributed by atoms with van der Waals surface area (Å²) in [5, 5.41) is 0. The molecular formula is C25H23F3O4. The topological polar surface area (TPSA) is 44.8 Å². The lowest BCUT2D eigenvalue weighted by atomic mass is 9.87. The number of carbonyl (C=O) groups excluding carboxylic acids is 1. The third-order valence-corrected chi connectivity index (χ3v) is 4.56. The second-order valence-corrected chi connectivity index (χ2v) is 8.21. The minimum atomic E-state index is -4.76. The van der Waals surface area contributed by atoms with Gasteiger partial charge in [0.2, 0.25) is 0 Å². The molecule has 0 unspecified atom stereocenters. The van der Waals surface area contributed by atoms with Crippen molar-refractivity contribution >= 4 is 6.29 Å². The number of carbonyl (C=O) groups is 1. The van der Waals surface area contributed by atoms with Gasteiger partial charge in [-0.05, 0) is 52.9 Å². The summed E-state index contributed by atoms with van der Waals surface area (Å²) in [5.41, 5.74) is 2.59. The normalized spacial score (nSPS) is 11.7. The maximum absolute atomic E-state index is 12.3. The van der Waals surface area contributed by atoms with Gasteiger partial charge in [0.05, 0.1) is 0 Å². The summed E-state index contributed by atoms with van der Waals surface area (Å²) in [4.78, 5) is 11.3. The lowest BCUT2D eigenvalue weighted by molar-refractivity contribution is -0.274. The summed E-state index contributed by atoms with van der Waals surface area (Å²) in [6.45, 7) is 6.72. The first kappa shape index (κ1) is 23.2. The van der Waals surface area contributed by atoms with Crippen LogP contribution < -0.4 is 14.2 Å². The molecule has 7 heteroatoms. The molecule has 3 rings (SSSR count). The van der Waals surface area contributed by atoms with E-state index in [0.29, 0.717) is 30.0 Å². The van der Waals surface area contributed by atoms with Gasteiger partial charge in [0.15, 0.2) is 0 Å². The molecule has 0 aliphatic rings. The molecule has 3 aromatic carbocycles. The lowest BCUT2D eigenvalue weighted by Gasteiger charge is -2.19. The molecular weight excluding hydrogens is 421 g/mol. The lowest BCUT2D eigenvalue weighted by Crippen LogP contribution is -2.16. The van der Waals surface area contributed by atoms with Crippen molar-refractivity contribution in [1.29, 1.82) is 0 Å². The maximum atomic E-state index is 12.3. The summed E-state index contributed by atoms with van der Waals surface area (Å²) in [5.74, 6) is 0.679. The van der Waals surface area contributed by atoms with Crippen LogP contribution in [-0.2, 0) is 12.0 Å². The van der Waals surface area contributed by atoms with Crippen molar-refractivity contribution in [3.05, 3.63) is 83.4 Å². The molecule has 4 nitrogen and oxygen atoms in total. The largest absolute Gasteiger partial charge is 0.573 e. The second-order valence-electron chi connectivity index (χ2n) is 8.21. The highest BCUT2D eigenvalue weighted by atomic mass is 19.4. The van der Waals surface area contributed by atoms with Crippen LogP contribution in [0, 0.1) is 0 Å². The van der Waals surface area contributed by atoms with Crippen LogP contribution in [-0.4, -0.2) is 12.6 Å². The number of hydrogen-bond donors (Lipinski definition) is 0. The molecule has 0 fully saturated rings. The van der Waals surface area contributed by atoms with E-state index in [9.17, 15) is 18.0 Å². The van der Waals surface area contributed by atoms with Crippen LogP contribution in [0.1, 0.15) is 42.3 Å². The van der Waals surface area contributed by atoms with E-state index in [1.54, 1.807) is 12.1 Å². The summed E-state index contributed by atoms with van der Waals surface area (Å²) in [6.07, 6.45) is -4.10. The van der Waals surface area contributed by atoms with E-state index in [-0.39, 0.29) is 16.9 Å². The SMILES string of the molecule is CC(C)(C)c1ccc(COc2cc(C=O)cc(Oc3ccc(OC(F)(F)F)cc3)c2)cc1. The summed E-state index contributed by atoms with van der Waals surface area (Å²) >= 11 is 0. The molecule has 0 saturated heterocycles. The van der Waals surface area contributed by atoms with Crippen molar-refractivity contribution in [2.75, 3.05) is 0 Å². The molecule has 0 atom stereocenters. The number of rotatable bonds is 7. The first-order chi connectivity index (χ1) is 15.0. The number of ether oxygens (including phenoxy) is 3. The molecule has 0 heterocycles. The molecule has 0 bridgehead atoms. The molecule has 0 saturated carbocycles. The minimum Gasteiger partial charge on any atom is -0.489 e. The van der Waals surface area contributed by atoms with Crippen LogP contribution in [0.2, 0.25) is 0 Å². The first-order valence-electron chi connectivity index (χ1n) is 9.88. The fourth-order valence-electron chi connectivity index (χ4n) is 2.92. The second kappa shape index (κ2) is 9.34. The maximum Gasteiger partial charge on any atom is 0.573 e. The third kappa shape index (κ3) is 6.77. The average Bonchev–Trinajstić information content (AvgIpc) is 2.72. The molecule has 0 aliphatic heterocycles. The molecule has 32 heavy (non-hydrogen) atoms. The Bertz CT molecular complexity index is 1050. The molecule has 0 spiro atoms. The number of alkyl halides is 3. The van der Waals surface area contributed by atoms with Gasteiger partial charge < -0.3 is 14.2 Å². The smallest absolute Gasteiger partial charge is 0.489 e. The van der Waals surface area contributed by atoms with Crippen LogP contribution in [0.25, 0.3) is 0 Å². The monoisotopic (exact) mass is 444 g/mol. The molecule has 0 aromatic heterocycles. The molecule has 3 aromatic rings. The van der Waals surface area contributed by atoms with Crippen molar-refractivity contribution < 1.29 is 32.2 Å². The zero-order chi connectivity index (χ0) is 23.4. The Balaban J connectivity index is 1.69. The highest BCUT2D eigenvalue weighted by molar-refractivity contribution is 5.76. The van der Waals surface area contributed by atoms with E-state index >= 15 is 0 Å². The predicted molar refractivity (Wildman–Crippen MR) is 115 cm³/mol. The van der Waals surface area contributed by atoms with Crippen LogP contribution in [0.5, 0.6) is 23.0 Å². The Hall–Kier alpha value is -3.48. The van der Waals surface area contributed by atoms with E-state index in [2.05, 4.69) is 37.6 Å². The summed E-state index contributed by atoms with van der Waals surface area (Å²) < 4.78 is 52.2. The van der Waals surface area contributed by atoms with Gasteiger partial charge in [-0.2, -0.15) is 0 Å². The molecule has 0 amide bonds. The van der Waals surface area contributed by atoms with Crippen LogP contribution in [0.15, 0.2) is 66.7 Å². The van der Waals surface area contributed by atoms with Crippen LogP contribution >= 0.6 is 0 Å². The molecule has 0 N–H and O–H groups in total. The Morgan fingerprint density at radius 1 is 0.781 bits per heavy atom. The van der Waals surface area contributed by atoms with Gasteiger partial charge in [-0.15, -0.1) is 13.2 Å². The van der Waals surface area contributed by atoms with Crippen LogP contribution in [0.3, 0.4) is 0 Å².